The lowest BCUT2D eigenvalue weighted by Crippen LogP contribution is -2.07. The smallest absolute Gasteiger partial charge is 0.174 e. The zero-order chi connectivity index (χ0) is 32.3. The molecule has 7 heteroatoms. The van der Waals surface area contributed by atoms with Crippen LogP contribution in [-0.2, 0) is 4.74 Å². The van der Waals surface area contributed by atoms with Gasteiger partial charge < -0.3 is 23.7 Å². The maximum Gasteiger partial charge on any atom is 0.174 e. The summed E-state index contributed by atoms with van der Waals surface area (Å²) in [5, 5.41) is 2.42. The second-order valence-corrected chi connectivity index (χ2v) is 15.1. The SMILES string of the molecule is C/C=C(C)\C1=C2\OC(SCCCSC3Oc4c1c(C)cc1c(C(C)C)cc(OC)c3c41)c1c(OC)c(OC)c(C(C)C)c(C)c12. The fourth-order valence-electron chi connectivity index (χ4n) is 7.38. The van der Waals surface area contributed by atoms with Crippen molar-refractivity contribution in [3.05, 3.63) is 68.3 Å². The molecule has 0 N–H and O–H groups in total. The van der Waals surface area contributed by atoms with Crippen molar-refractivity contribution in [1.82, 2.24) is 0 Å². The molecule has 0 aromatic heterocycles. The van der Waals surface area contributed by atoms with Gasteiger partial charge in [0.15, 0.2) is 22.4 Å². The van der Waals surface area contributed by atoms with Gasteiger partial charge in [-0.15, -0.1) is 23.5 Å². The van der Waals surface area contributed by atoms with Gasteiger partial charge in [-0.3, -0.25) is 0 Å². The molecule has 0 fully saturated rings. The van der Waals surface area contributed by atoms with Crippen molar-refractivity contribution in [1.29, 1.82) is 0 Å². The van der Waals surface area contributed by atoms with E-state index in [-0.39, 0.29) is 16.8 Å². The predicted octanol–water partition coefficient (Wildman–Crippen LogP) is 10.9. The van der Waals surface area contributed by atoms with Crippen molar-refractivity contribution in [2.24, 2.45) is 0 Å². The molecule has 45 heavy (non-hydrogen) atoms. The third-order valence-electron chi connectivity index (χ3n) is 9.46. The first kappa shape index (κ1) is 32.1. The number of allylic oxidation sites excluding steroid dienone is 3. The normalized spacial score (nSPS) is 21.0. The number of fused-ring (bicyclic) bond motifs is 7. The molecule has 0 saturated heterocycles. The predicted molar refractivity (Wildman–Crippen MR) is 191 cm³/mol. The molecule has 3 aromatic carbocycles. The number of benzene rings is 3. The minimum Gasteiger partial charge on any atom is -0.496 e. The molecule has 0 spiro atoms. The molecule has 3 heterocycles. The Kier molecular flexibility index (Phi) is 8.81. The summed E-state index contributed by atoms with van der Waals surface area (Å²) in [4.78, 5) is 0. The molecule has 4 bridgehead atoms. The van der Waals surface area contributed by atoms with Gasteiger partial charge in [0, 0.05) is 27.6 Å². The van der Waals surface area contributed by atoms with E-state index in [1.807, 2.05) is 23.5 Å². The minimum atomic E-state index is -0.212. The summed E-state index contributed by atoms with van der Waals surface area (Å²) < 4.78 is 32.6. The van der Waals surface area contributed by atoms with Crippen LogP contribution in [0.2, 0.25) is 0 Å². The summed E-state index contributed by atoms with van der Waals surface area (Å²) >= 11 is 3.70. The average Bonchev–Trinajstić information content (AvgIpc) is 3.58. The first-order valence-corrected chi connectivity index (χ1v) is 18.1. The summed E-state index contributed by atoms with van der Waals surface area (Å²) in [6.07, 6.45) is 3.21. The number of rotatable bonds is 6. The fraction of sp³-hybridized carbons (Fsp3) is 0.474. The van der Waals surface area contributed by atoms with Gasteiger partial charge in [-0.2, -0.15) is 0 Å². The number of ether oxygens (including phenoxy) is 5. The lowest BCUT2D eigenvalue weighted by atomic mass is 9.83. The van der Waals surface area contributed by atoms with Crippen LogP contribution in [0, 0.1) is 13.8 Å². The molecular weight excluding hydrogens is 601 g/mol. The maximum atomic E-state index is 7.16. The third-order valence-corrected chi connectivity index (χ3v) is 11.8. The zero-order valence-electron chi connectivity index (χ0n) is 28.5. The number of aryl methyl sites for hydroxylation is 1. The first-order chi connectivity index (χ1) is 21.6. The van der Waals surface area contributed by atoms with E-state index in [4.69, 9.17) is 23.7 Å². The zero-order valence-corrected chi connectivity index (χ0v) is 30.2. The summed E-state index contributed by atoms with van der Waals surface area (Å²) in [5.41, 5.74) is 11.1. The van der Waals surface area contributed by atoms with E-state index in [9.17, 15) is 0 Å². The molecule has 0 amide bonds. The highest BCUT2D eigenvalue weighted by atomic mass is 32.2. The summed E-state index contributed by atoms with van der Waals surface area (Å²) in [7, 11) is 5.27. The van der Waals surface area contributed by atoms with Crippen LogP contribution in [0.15, 0.2) is 23.8 Å². The van der Waals surface area contributed by atoms with Gasteiger partial charge in [0.05, 0.1) is 32.5 Å². The topological polar surface area (TPSA) is 46.2 Å². The lowest BCUT2D eigenvalue weighted by Gasteiger charge is -2.23. The second kappa shape index (κ2) is 12.4. The Morgan fingerprint density at radius 2 is 1.53 bits per heavy atom. The maximum absolute atomic E-state index is 7.16. The molecule has 3 aromatic rings. The Morgan fingerprint density at radius 1 is 0.867 bits per heavy atom. The number of hydrogen-bond acceptors (Lipinski definition) is 7. The van der Waals surface area contributed by atoms with Crippen molar-refractivity contribution < 1.29 is 23.7 Å². The van der Waals surface area contributed by atoms with Gasteiger partial charge in [-0.05, 0) is 91.2 Å². The van der Waals surface area contributed by atoms with Crippen LogP contribution in [0.1, 0.15) is 115 Å². The van der Waals surface area contributed by atoms with E-state index in [0.29, 0.717) is 5.92 Å². The Morgan fingerprint density at radius 3 is 2.11 bits per heavy atom. The lowest BCUT2D eigenvalue weighted by molar-refractivity contribution is 0.267. The number of thioether (sulfide) groups is 2. The Bertz CT molecular complexity index is 1750. The Hall–Kier alpha value is -2.90. The van der Waals surface area contributed by atoms with Gasteiger partial charge in [0.1, 0.15) is 17.3 Å². The quantitative estimate of drug-likeness (QED) is 0.264. The Labute approximate surface area is 277 Å². The molecule has 0 aliphatic carbocycles. The van der Waals surface area contributed by atoms with Crippen LogP contribution in [0.3, 0.4) is 0 Å². The van der Waals surface area contributed by atoms with E-state index in [1.54, 1.807) is 21.3 Å². The van der Waals surface area contributed by atoms with Crippen molar-refractivity contribution in [2.75, 3.05) is 32.8 Å². The highest BCUT2D eigenvalue weighted by Gasteiger charge is 2.42. The highest BCUT2D eigenvalue weighted by Crippen LogP contribution is 2.61. The first-order valence-electron chi connectivity index (χ1n) is 16.0. The molecule has 240 valence electrons. The van der Waals surface area contributed by atoms with Crippen LogP contribution >= 0.6 is 23.5 Å². The summed E-state index contributed by atoms with van der Waals surface area (Å²) in [6.45, 7) is 17.7. The van der Waals surface area contributed by atoms with Gasteiger partial charge >= 0.3 is 0 Å². The van der Waals surface area contributed by atoms with E-state index in [0.717, 1.165) is 85.6 Å². The molecule has 3 aliphatic rings. The van der Waals surface area contributed by atoms with Crippen molar-refractivity contribution in [3.8, 4) is 23.0 Å². The second-order valence-electron chi connectivity index (χ2n) is 12.8. The van der Waals surface area contributed by atoms with Crippen LogP contribution in [0.5, 0.6) is 23.0 Å². The van der Waals surface area contributed by atoms with Gasteiger partial charge in [-0.1, -0.05) is 39.8 Å². The molecule has 2 unspecified atom stereocenters. The van der Waals surface area contributed by atoms with Gasteiger partial charge in [0.2, 0.25) is 0 Å². The van der Waals surface area contributed by atoms with Crippen LogP contribution in [-0.4, -0.2) is 32.8 Å². The molecule has 6 rings (SSSR count). The molecular formula is C38H46O5S2. The monoisotopic (exact) mass is 646 g/mol. The largest absolute Gasteiger partial charge is 0.496 e. The number of hydrogen-bond donors (Lipinski definition) is 0. The van der Waals surface area contributed by atoms with Crippen molar-refractivity contribution in [3.63, 3.8) is 0 Å². The molecule has 0 radical (unpaired) electrons. The average molecular weight is 647 g/mol. The van der Waals surface area contributed by atoms with E-state index < -0.39 is 0 Å². The van der Waals surface area contributed by atoms with Crippen LogP contribution in [0.25, 0.3) is 22.1 Å². The third kappa shape index (κ3) is 4.91. The fourth-order valence-corrected chi connectivity index (χ4v) is 9.73. The van der Waals surface area contributed by atoms with E-state index in [2.05, 4.69) is 73.6 Å². The number of methoxy groups -OCH3 is 3. The molecule has 5 nitrogen and oxygen atoms in total. The van der Waals surface area contributed by atoms with Gasteiger partial charge in [-0.25, -0.2) is 0 Å². The summed E-state index contributed by atoms with van der Waals surface area (Å²) in [5.74, 6) is 6.79. The van der Waals surface area contributed by atoms with Crippen molar-refractivity contribution >= 4 is 45.6 Å². The van der Waals surface area contributed by atoms with Crippen molar-refractivity contribution in [2.45, 2.75) is 84.5 Å². The molecule has 0 saturated carbocycles. The van der Waals surface area contributed by atoms with Crippen LogP contribution in [0.4, 0.5) is 0 Å². The van der Waals surface area contributed by atoms with Crippen LogP contribution < -0.4 is 18.9 Å². The van der Waals surface area contributed by atoms with E-state index >= 15 is 0 Å². The minimum absolute atomic E-state index is 0.133. The summed E-state index contributed by atoms with van der Waals surface area (Å²) in [6, 6.07) is 4.60. The van der Waals surface area contributed by atoms with Gasteiger partial charge in [0.25, 0.3) is 0 Å². The standard InChI is InChI=1S/C38H46O5S2/c1-12-20(6)27-28-21(7)16-24-23(18(2)3)17-25(39-9)31-30(24)34(28)43-37(31)44-14-13-15-45-38-32-29(33(27)42-38)22(8)26(19(4)5)35(40-10)36(32)41-11/h12,16-19,37-38H,13-15H2,1-11H3/b20-12-,33-27-. The molecule has 3 aliphatic heterocycles. The molecule has 2 atom stereocenters. The van der Waals surface area contributed by atoms with E-state index in [1.165, 1.54) is 27.5 Å². The highest BCUT2D eigenvalue weighted by molar-refractivity contribution is 8.00. The Balaban J connectivity index is 1.81.